The van der Waals surface area contributed by atoms with Crippen molar-refractivity contribution in [2.75, 3.05) is 12.4 Å². The largest absolute Gasteiger partial charge is 0.495 e. The van der Waals surface area contributed by atoms with E-state index in [-0.39, 0.29) is 0 Å². The van der Waals surface area contributed by atoms with Crippen LogP contribution in [0.2, 0.25) is 0 Å². The van der Waals surface area contributed by atoms with Crippen molar-refractivity contribution in [3.05, 3.63) is 71.3 Å². The molecule has 6 heteroatoms. The van der Waals surface area contributed by atoms with E-state index < -0.39 is 18.0 Å². The van der Waals surface area contributed by atoms with Crippen molar-refractivity contribution in [2.45, 2.75) is 26.9 Å². The van der Waals surface area contributed by atoms with Crippen molar-refractivity contribution >= 4 is 39.5 Å². The van der Waals surface area contributed by atoms with Crippen LogP contribution in [0.4, 0.5) is 5.69 Å². The SMILES string of the molecule is COc1cc2c(cc1NC(=O)[C@@H](C)OC(=O)c1cc(C)cc(C)c1)oc1ccccc12. The van der Waals surface area contributed by atoms with E-state index in [2.05, 4.69) is 5.32 Å². The molecule has 4 rings (SSSR count). The van der Waals surface area contributed by atoms with Crippen LogP contribution in [0.1, 0.15) is 28.4 Å². The molecule has 0 fully saturated rings. The molecule has 1 N–H and O–H groups in total. The van der Waals surface area contributed by atoms with E-state index in [1.54, 1.807) is 18.2 Å². The van der Waals surface area contributed by atoms with Crippen LogP contribution < -0.4 is 10.1 Å². The first kappa shape index (κ1) is 20.5. The monoisotopic (exact) mass is 417 g/mol. The van der Waals surface area contributed by atoms with E-state index in [9.17, 15) is 9.59 Å². The number of hydrogen-bond donors (Lipinski definition) is 1. The molecule has 4 aromatic rings. The average Bonchev–Trinajstić information content (AvgIpc) is 3.09. The van der Waals surface area contributed by atoms with E-state index in [0.29, 0.717) is 22.6 Å². The fourth-order valence-corrected chi connectivity index (χ4v) is 3.63. The van der Waals surface area contributed by atoms with Crippen LogP contribution >= 0.6 is 0 Å². The number of carbonyl (C=O) groups excluding carboxylic acids is 2. The van der Waals surface area contributed by atoms with Crippen molar-refractivity contribution in [1.82, 2.24) is 0 Å². The second kappa shape index (κ2) is 8.14. The van der Waals surface area contributed by atoms with Crippen molar-refractivity contribution in [3.63, 3.8) is 0 Å². The predicted molar refractivity (Wildman–Crippen MR) is 120 cm³/mol. The van der Waals surface area contributed by atoms with Crippen LogP contribution in [0.5, 0.6) is 5.75 Å². The zero-order valence-electron chi connectivity index (χ0n) is 17.8. The zero-order valence-corrected chi connectivity index (χ0v) is 17.8. The minimum Gasteiger partial charge on any atom is -0.495 e. The molecule has 0 saturated carbocycles. The number of amides is 1. The summed E-state index contributed by atoms with van der Waals surface area (Å²) in [6.45, 7) is 5.34. The molecule has 6 nitrogen and oxygen atoms in total. The lowest BCUT2D eigenvalue weighted by molar-refractivity contribution is -0.123. The van der Waals surface area contributed by atoms with E-state index >= 15 is 0 Å². The molecule has 1 heterocycles. The van der Waals surface area contributed by atoms with Gasteiger partial charge in [0.15, 0.2) is 6.10 Å². The minimum atomic E-state index is -0.996. The van der Waals surface area contributed by atoms with E-state index in [1.807, 2.05) is 50.2 Å². The van der Waals surface area contributed by atoms with Gasteiger partial charge in [-0.1, -0.05) is 35.4 Å². The Labute approximate surface area is 179 Å². The second-order valence-corrected chi connectivity index (χ2v) is 7.56. The molecule has 1 atom stereocenters. The highest BCUT2D eigenvalue weighted by Crippen LogP contribution is 2.36. The van der Waals surface area contributed by atoms with Gasteiger partial charge in [-0.3, -0.25) is 4.79 Å². The molecule has 1 amide bonds. The van der Waals surface area contributed by atoms with Crippen molar-refractivity contribution in [1.29, 1.82) is 0 Å². The molecule has 0 spiro atoms. The van der Waals surface area contributed by atoms with Crippen LogP contribution in [0.3, 0.4) is 0 Å². The highest BCUT2D eigenvalue weighted by atomic mass is 16.5. The van der Waals surface area contributed by atoms with Crippen LogP contribution in [0.15, 0.2) is 59.0 Å². The third-order valence-electron chi connectivity index (χ3n) is 5.07. The number of anilines is 1. The predicted octanol–water partition coefficient (Wildman–Crippen LogP) is 5.40. The smallest absolute Gasteiger partial charge is 0.338 e. The molecule has 1 aromatic heterocycles. The Morgan fingerprint density at radius 1 is 0.935 bits per heavy atom. The van der Waals surface area contributed by atoms with Gasteiger partial charge in [0.1, 0.15) is 16.9 Å². The molecular weight excluding hydrogens is 394 g/mol. The third kappa shape index (κ3) is 4.10. The van der Waals surface area contributed by atoms with Crippen LogP contribution in [0, 0.1) is 13.8 Å². The molecule has 31 heavy (non-hydrogen) atoms. The Balaban J connectivity index is 1.55. The Morgan fingerprint density at radius 3 is 2.35 bits per heavy atom. The number of ether oxygens (including phenoxy) is 2. The van der Waals surface area contributed by atoms with E-state index in [1.165, 1.54) is 14.0 Å². The first-order valence-corrected chi connectivity index (χ1v) is 9.95. The lowest BCUT2D eigenvalue weighted by atomic mass is 10.1. The number of hydrogen-bond acceptors (Lipinski definition) is 5. The van der Waals surface area contributed by atoms with Gasteiger partial charge in [-0.05, 0) is 45.0 Å². The van der Waals surface area contributed by atoms with E-state index in [0.717, 1.165) is 27.5 Å². The Hall–Kier alpha value is -3.80. The summed E-state index contributed by atoms with van der Waals surface area (Å²) >= 11 is 0. The first-order chi connectivity index (χ1) is 14.9. The molecule has 0 saturated heterocycles. The number of carbonyl (C=O) groups is 2. The van der Waals surface area contributed by atoms with E-state index in [4.69, 9.17) is 13.9 Å². The summed E-state index contributed by atoms with van der Waals surface area (Å²) in [5.74, 6) is -0.527. The van der Waals surface area contributed by atoms with Gasteiger partial charge in [0.05, 0.1) is 18.4 Å². The maximum atomic E-state index is 12.7. The number of furan rings is 1. The quantitative estimate of drug-likeness (QED) is 0.440. The van der Waals surface area contributed by atoms with Crippen LogP contribution in [-0.2, 0) is 9.53 Å². The zero-order chi connectivity index (χ0) is 22.1. The molecule has 158 valence electrons. The standard InChI is InChI=1S/C25H23NO5/c1-14-9-15(2)11-17(10-14)25(28)30-16(3)24(27)26-20-13-22-19(12-23(20)29-4)18-7-5-6-8-21(18)31-22/h5-13,16H,1-4H3,(H,26,27)/t16-/m1/s1. The Kier molecular flexibility index (Phi) is 5.38. The summed E-state index contributed by atoms with van der Waals surface area (Å²) in [7, 11) is 1.53. The summed E-state index contributed by atoms with van der Waals surface area (Å²) in [5, 5.41) is 4.63. The number of esters is 1. The lowest BCUT2D eigenvalue weighted by Crippen LogP contribution is -2.30. The maximum absolute atomic E-state index is 12.7. The number of nitrogens with one attached hydrogen (secondary N) is 1. The van der Waals surface area contributed by atoms with Crippen molar-refractivity contribution in [2.24, 2.45) is 0 Å². The lowest BCUT2D eigenvalue weighted by Gasteiger charge is -2.15. The summed E-state index contributed by atoms with van der Waals surface area (Å²) in [5.41, 5.74) is 4.13. The van der Waals surface area contributed by atoms with Gasteiger partial charge < -0.3 is 19.2 Å². The molecule has 0 aliphatic rings. The fraction of sp³-hybridized carbons (Fsp3) is 0.200. The molecular formula is C25H23NO5. The van der Waals surface area contributed by atoms with Gasteiger partial charge >= 0.3 is 5.97 Å². The number of para-hydroxylation sites is 1. The minimum absolute atomic E-state index is 0.415. The summed E-state index contributed by atoms with van der Waals surface area (Å²) < 4.78 is 16.7. The highest BCUT2D eigenvalue weighted by molar-refractivity contribution is 6.08. The number of aryl methyl sites for hydroxylation is 2. The van der Waals surface area contributed by atoms with Gasteiger partial charge in [-0.2, -0.15) is 0 Å². The molecule has 0 unspecified atom stereocenters. The molecule has 0 bridgehead atoms. The molecule has 0 aliphatic heterocycles. The molecule has 0 aliphatic carbocycles. The normalized spacial score (nSPS) is 12.0. The summed E-state index contributed by atoms with van der Waals surface area (Å²) in [4.78, 5) is 25.2. The van der Waals surface area contributed by atoms with Crippen molar-refractivity contribution < 1.29 is 23.5 Å². The maximum Gasteiger partial charge on any atom is 0.338 e. The van der Waals surface area contributed by atoms with Crippen LogP contribution in [-0.4, -0.2) is 25.1 Å². The second-order valence-electron chi connectivity index (χ2n) is 7.56. The Morgan fingerprint density at radius 2 is 1.65 bits per heavy atom. The third-order valence-corrected chi connectivity index (χ3v) is 5.07. The van der Waals surface area contributed by atoms with Gasteiger partial charge in [0.2, 0.25) is 0 Å². The van der Waals surface area contributed by atoms with Gasteiger partial charge in [0, 0.05) is 16.8 Å². The first-order valence-electron chi connectivity index (χ1n) is 9.95. The number of fused-ring (bicyclic) bond motifs is 3. The van der Waals surface area contributed by atoms with Crippen molar-refractivity contribution in [3.8, 4) is 5.75 Å². The Bertz CT molecular complexity index is 1280. The molecule has 0 radical (unpaired) electrons. The summed E-state index contributed by atoms with van der Waals surface area (Å²) in [6.07, 6.45) is -0.996. The number of benzene rings is 3. The summed E-state index contributed by atoms with van der Waals surface area (Å²) in [6, 6.07) is 16.7. The van der Waals surface area contributed by atoms with Gasteiger partial charge in [0.25, 0.3) is 5.91 Å². The topological polar surface area (TPSA) is 77.8 Å². The highest BCUT2D eigenvalue weighted by Gasteiger charge is 2.21. The van der Waals surface area contributed by atoms with Gasteiger partial charge in [-0.25, -0.2) is 4.79 Å². The van der Waals surface area contributed by atoms with Gasteiger partial charge in [-0.15, -0.1) is 0 Å². The number of methoxy groups -OCH3 is 1. The van der Waals surface area contributed by atoms with Crippen LogP contribution in [0.25, 0.3) is 21.9 Å². The fourth-order valence-electron chi connectivity index (χ4n) is 3.63. The molecule has 3 aromatic carbocycles. The number of rotatable bonds is 5. The average molecular weight is 417 g/mol.